The van der Waals surface area contributed by atoms with Crippen molar-refractivity contribution in [3.8, 4) is 0 Å². The summed E-state index contributed by atoms with van der Waals surface area (Å²) in [5.74, 6) is 0.150. The van der Waals surface area contributed by atoms with Gasteiger partial charge in [-0.1, -0.05) is 31.2 Å². The standard InChI is InChI=1S/C17H21NOS/c1-3-5-17(19)18-11-10-14-7-4-6-13-8-9-15(20-2)12-16(13)14/h4,6-9,12H,3,5,10-11H2,1-2H3,(H,18,19). The first-order valence-corrected chi connectivity index (χ1v) is 8.29. The molecule has 0 aliphatic carbocycles. The van der Waals surface area contributed by atoms with Crippen molar-refractivity contribution in [1.82, 2.24) is 5.32 Å². The number of nitrogens with one attached hydrogen (secondary N) is 1. The first kappa shape index (κ1) is 14.9. The molecule has 0 saturated carbocycles. The highest BCUT2D eigenvalue weighted by atomic mass is 32.2. The Balaban J connectivity index is 2.11. The summed E-state index contributed by atoms with van der Waals surface area (Å²) in [6, 6.07) is 12.9. The van der Waals surface area contributed by atoms with Crippen molar-refractivity contribution in [2.75, 3.05) is 12.8 Å². The number of carbonyl (C=O) groups is 1. The Hall–Kier alpha value is -1.48. The highest BCUT2D eigenvalue weighted by molar-refractivity contribution is 7.98. The summed E-state index contributed by atoms with van der Waals surface area (Å²) < 4.78 is 0. The van der Waals surface area contributed by atoms with Crippen LogP contribution < -0.4 is 5.32 Å². The van der Waals surface area contributed by atoms with Crippen LogP contribution in [0, 0.1) is 0 Å². The number of hydrogen-bond acceptors (Lipinski definition) is 2. The van der Waals surface area contributed by atoms with Crippen LogP contribution in [0.1, 0.15) is 25.3 Å². The maximum absolute atomic E-state index is 11.5. The zero-order valence-electron chi connectivity index (χ0n) is 12.1. The smallest absolute Gasteiger partial charge is 0.219 e. The van der Waals surface area contributed by atoms with Gasteiger partial charge in [-0.15, -0.1) is 11.8 Å². The van der Waals surface area contributed by atoms with Crippen LogP contribution in [0.15, 0.2) is 41.3 Å². The van der Waals surface area contributed by atoms with Crippen LogP contribution in [-0.2, 0) is 11.2 Å². The van der Waals surface area contributed by atoms with Crippen LogP contribution in [0.3, 0.4) is 0 Å². The summed E-state index contributed by atoms with van der Waals surface area (Å²) >= 11 is 1.76. The summed E-state index contributed by atoms with van der Waals surface area (Å²) in [6.45, 7) is 2.73. The summed E-state index contributed by atoms with van der Waals surface area (Å²) in [5, 5.41) is 5.54. The minimum Gasteiger partial charge on any atom is -0.356 e. The Labute approximate surface area is 125 Å². The molecule has 1 amide bonds. The molecule has 2 nitrogen and oxygen atoms in total. The molecule has 0 aromatic heterocycles. The topological polar surface area (TPSA) is 29.1 Å². The number of hydrogen-bond donors (Lipinski definition) is 1. The predicted octanol–water partition coefficient (Wildman–Crippen LogP) is 4.02. The highest BCUT2D eigenvalue weighted by Gasteiger charge is 2.03. The van der Waals surface area contributed by atoms with Gasteiger partial charge in [-0.05, 0) is 47.6 Å². The van der Waals surface area contributed by atoms with Crippen molar-refractivity contribution >= 4 is 28.4 Å². The van der Waals surface area contributed by atoms with E-state index in [2.05, 4.69) is 48.0 Å². The van der Waals surface area contributed by atoms with E-state index in [0.717, 1.165) is 12.8 Å². The number of carbonyl (C=O) groups excluding carboxylic acids is 1. The minimum absolute atomic E-state index is 0.150. The van der Waals surface area contributed by atoms with Gasteiger partial charge in [0.2, 0.25) is 5.91 Å². The van der Waals surface area contributed by atoms with E-state index in [0.29, 0.717) is 13.0 Å². The molecule has 0 heterocycles. The van der Waals surface area contributed by atoms with Crippen molar-refractivity contribution in [3.63, 3.8) is 0 Å². The van der Waals surface area contributed by atoms with Gasteiger partial charge in [0.25, 0.3) is 0 Å². The molecule has 0 unspecified atom stereocenters. The van der Waals surface area contributed by atoms with Crippen LogP contribution >= 0.6 is 11.8 Å². The number of rotatable bonds is 6. The quantitative estimate of drug-likeness (QED) is 0.813. The van der Waals surface area contributed by atoms with E-state index >= 15 is 0 Å². The molecule has 3 heteroatoms. The zero-order valence-corrected chi connectivity index (χ0v) is 12.9. The molecule has 0 radical (unpaired) electrons. The normalized spacial score (nSPS) is 10.7. The lowest BCUT2D eigenvalue weighted by Crippen LogP contribution is -2.25. The lowest BCUT2D eigenvalue weighted by molar-refractivity contribution is -0.121. The van der Waals surface area contributed by atoms with E-state index in [1.54, 1.807) is 11.8 Å². The minimum atomic E-state index is 0.150. The Morgan fingerprint density at radius 2 is 2.10 bits per heavy atom. The molecule has 1 N–H and O–H groups in total. The molecular formula is C17H21NOS. The van der Waals surface area contributed by atoms with Crippen molar-refractivity contribution in [1.29, 1.82) is 0 Å². The second-order valence-corrected chi connectivity index (χ2v) is 5.73. The Morgan fingerprint density at radius 3 is 2.85 bits per heavy atom. The highest BCUT2D eigenvalue weighted by Crippen LogP contribution is 2.25. The van der Waals surface area contributed by atoms with Crippen LogP contribution in [0.2, 0.25) is 0 Å². The molecule has 0 saturated heterocycles. The van der Waals surface area contributed by atoms with Crippen LogP contribution in [0.25, 0.3) is 10.8 Å². The third-order valence-electron chi connectivity index (χ3n) is 3.37. The van der Waals surface area contributed by atoms with E-state index in [-0.39, 0.29) is 5.91 Å². The molecular weight excluding hydrogens is 266 g/mol. The van der Waals surface area contributed by atoms with Crippen molar-refractivity contribution in [2.24, 2.45) is 0 Å². The van der Waals surface area contributed by atoms with Crippen molar-refractivity contribution < 1.29 is 4.79 Å². The average Bonchev–Trinajstić information content (AvgIpc) is 2.47. The van der Waals surface area contributed by atoms with Crippen molar-refractivity contribution in [2.45, 2.75) is 31.1 Å². The van der Waals surface area contributed by atoms with Crippen LogP contribution in [0.5, 0.6) is 0 Å². The molecule has 2 aromatic rings. The molecule has 2 aromatic carbocycles. The lowest BCUT2D eigenvalue weighted by atomic mass is 10.0. The molecule has 2 rings (SSSR count). The first-order chi connectivity index (χ1) is 9.74. The fraction of sp³-hybridized carbons (Fsp3) is 0.353. The molecule has 0 bridgehead atoms. The fourth-order valence-electron chi connectivity index (χ4n) is 2.31. The second kappa shape index (κ2) is 7.34. The van der Waals surface area contributed by atoms with Gasteiger partial charge in [-0.25, -0.2) is 0 Å². The molecule has 0 spiro atoms. The van der Waals surface area contributed by atoms with Gasteiger partial charge in [-0.2, -0.15) is 0 Å². The maximum atomic E-state index is 11.5. The van der Waals surface area contributed by atoms with Gasteiger partial charge in [-0.3, -0.25) is 4.79 Å². The van der Waals surface area contributed by atoms with Gasteiger partial charge < -0.3 is 5.32 Å². The molecule has 0 aliphatic heterocycles. The third kappa shape index (κ3) is 3.76. The summed E-state index contributed by atoms with van der Waals surface area (Å²) in [7, 11) is 0. The zero-order chi connectivity index (χ0) is 14.4. The first-order valence-electron chi connectivity index (χ1n) is 7.07. The van der Waals surface area contributed by atoms with E-state index in [9.17, 15) is 4.79 Å². The number of amides is 1. The number of benzene rings is 2. The monoisotopic (exact) mass is 287 g/mol. The number of fused-ring (bicyclic) bond motifs is 1. The molecule has 20 heavy (non-hydrogen) atoms. The van der Waals surface area contributed by atoms with E-state index in [1.165, 1.54) is 21.2 Å². The second-order valence-electron chi connectivity index (χ2n) is 4.85. The maximum Gasteiger partial charge on any atom is 0.219 e. The Kier molecular flexibility index (Phi) is 5.48. The Bertz CT molecular complexity index is 595. The van der Waals surface area contributed by atoms with E-state index in [1.807, 2.05) is 6.92 Å². The summed E-state index contributed by atoms with van der Waals surface area (Å²) in [5.41, 5.74) is 1.30. The van der Waals surface area contributed by atoms with Gasteiger partial charge in [0.05, 0.1) is 0 Å². The van der Waals surface area contributed by atoms with E-state index in [4.69, 9.17) is 0 Å². The van der Waals surface area contributed by atoms with Gasteiger partial charge in [0, 0.05) is 17.9 Å². The Morgan fingerprint density at radius 1 is 1.25 bits per heavy atom. The van der Waals surface area contributed by atoms with Gasteiger partial charge in [0.1, 0.15) is 0 Å². The van der Waals surface area contributed by atoms with Gasteiger partial charge >= 0.3 is 0 Å². The lowest BCUT2D eigenvalue weighted by Gasteiger charge is -2.09. The molecule has 106 valence electrons. The summed E-state index contributed by atoms with van der Waals surface area (Å²) in [4.78, 5) is 12.8. The van der Waals surface area contributed by atoms with E-state index < -0.39 is 0 Å². The average molecular weight is 287 g/mol. The fourth-order valence-corrected chi connectivity index (χ4v) is 2.75. The number of thioether (sulfide) groups is 1. The van der Waals surface area contributed by atoms with Crippen LogP contribution in [0.4, 0.5) is 0 Å². The van der Waals surface area contributed by atoms with Gasteiger partial charge in [0.15, 0.2) is 0 Å². The predicted molar refractivity (Wildman–Crippen MR) is 87.4 cm³/mol. The van der Waals surface area contributed by atoms with Crippen molar-refractivity contribution in [3.05, 3.63) is 42.0 Å². The largest absolute Gasteiger partial charge is 0.356 e. The summed E-state index contributed by atoms with van der Waals surface area (Å²) in [6.07, 6.45) is 4.49. The van der Waals surface area contributed by atoms with Crippen LogP contribution in [-0.4, -0.2) is 18.7 Å². The molecule has 0 atom stereocenters. The molecule has 0 aliphatic rings. The third-order valence-corrected chi connectivity index (χ3v) is 4.10. The SMILES string of the molecule is CCCC(=O)NCCc1cccc2ccc(SC)cc12. The molecule has 0 fully saturated rings.